The Morgan fingerprint density at radius 1 is 0.850 bits per heavy atom. The SMILES string of the molecule is CS(=O)(=O)Nc1ccc(Oc2ccc3c(c2)CCC(c2cccc(Oc4ncccc4NS(C)(=O)=O)c2)O3)nc1. The third kappa shape index (κ3) is 7.18. The van der Waals surface area contributed by atoms with E-state index in [-0.39, 0.29) is 17.7 Å². The summed E-state index contributed by atoms with van der Waals surface area (Å²) in [4.78, 5) is 8.31. The molecule has 4 aromatic rings. The number of nitrogens with one attached hydrogen (secondary N) is 2. The lowest BCUT2D eigenvalue weighted by atomic mass is 9.97. The number of fused-ring (bicyclic) bond motifs is 1. The lowest BCUT2D eigenvalue weighted by molar-refractivity contribution is 0.176. The maximum Gasteiger partial charge on any atom is 0.243 e. The minimum Gasteiger partial charge on any atom is -0.485 e. The zero-order valence-corrected chi connectivity index (χ0v) is 23.2. The van der Waals surface area contributed by atoms with Crippen LogP contribution in [0.4, 0.5) is 11.4 Å². The minimum absolute atomic E-state index is 0.142. The zero-order chi connectivity index (χ0) is 28.3. The summed E-state index contributed by atoms with van der Waals surface area (Å²) in [5.74, 6) is 2.29. The highest BCUT2D eigenvalue weighted by Crippen LogP contribution is 2.38. The number of benzene rings is 2. The first-order chi connectivity index (χ1) is 19.0. The first kappa shape index (κ1) is 27.2. The molecule has 3 heterocycles. The molecule has 0 amide bonds. The highest BCUT2D eigenvalue weighted by Gasteiger charge is 2.23. The molecule has 0 saturated heterocycles. The van der Waals surface area contributed by atoms with E-state index in [0.717, 1.165) is 35.8 Å². The van der Waals surface area contributed by atoms with Gasteiger partial charge in [-0.15, -0.1) is 0 Å². The van der Waals surface area contributed by atoms with Crippen molar-refractivity contribution >= 4 is 31.4 Å². The molecule has 1 aliphatic rings. The molecule has 0 aliphatic carbocycles. The molecule has 0 fully saturated rings. The number of aryl methyl sites for hydroxylation is 1. The lowest BCUT2D eigenvalue weighted by Gasteiger charge is -2.27. The Labute approximate surface area is 232 Å². The van der Waals surface area contributed by atoms with E-state index < -0.39 is 20.0 Å². The van der Waals surface area contributed by atoms with E-state index in [1.165, 1.54) is 12.4 Å². The van der Waals surface area contributed by atoms with E-state index in [4.69, 9.17) is 14.2 Å². The fourth-order valence-corrected chi connectivity index (χ4v) is 5.24. The molecule has 1 aliphatic heterocycles. The van der Waals surface area contributed by atoms with Gasteiger partial charge in [-0.2, -0.15) is 0 Å². The standard InChI is InChI=1S/C27H26N4O7S2/c1-39(32,33)30-20-9-13-26(29-17-20)36-22-10-12-25-19(16-22)8-11-24(38-25)18-5-3-6-21(15-18)37-27-23(7-4-14-28-27)31-40(2,34)35/h3-7,9-10,12-17,24,30-31H,8,11H2,1-2H3. The molecule has 2 N–H and O–H groups in total. The number of aromatic nitrogens is 2. The Balaban J connectivity index is 1.26. The monoisotopic (exact) mass is 582 g/mol. The van der Waals surface area contributed by atoms with Crippen LogP contribution >= 0.6 is 0 Å². The average molecular weight is 583 g/mol. The summed E-state index contributed by atoms with van der Waals surface area (Å²) >= 11 is 0. The molecule has 40 heavy (non-hydrogen) atoms. The minimum atomic E-state index is -3.50. The largest absolute Gasteiger partial charge is 0.485 e. The average Bonchev–Trinajstić information content (AvgIpc) is 2.89. The van der Waals surface area contributed by atoms with Crippen molar-refractivity contribution in [1.82, 2.24) is 9.97 Å². The Hall–Kier alpha value is -4.36. The van der Waals surface area contributed by atoms with Crippen LogP contribution in [0, 0.1) is 0 Å². The summed E-state index contributed by atoms with van der Waals surface area (Å²) in [6, 6.07) is 19.3. The van der Waals surface area contributed by atoms with E-state index >= 15 is 0 Å². The molecule has 0 saturated carbocycles. The van der Waals surface area contributed by atoms with Gasteiger partial charge in [0.2, 0.25) is 31.8 Å². The van der Waals surface area contributed by atoms with E-state index in [1.54, 1.807) is 36.4 Å². The number of anilines is 2. The smallest absolute Gasteiger partial charge is 0.243 e. The molecule has 13 heteroatoms. The van der Waals surface area contributed by atoms with Gasteiger partial charge in [0.05, 0.1) is 24.4 Å². The number of hydrogen-bond donors (Lipinski definition) is 2. The van der Waals surface area contributed by atoms with Crippen LogP contribution in [0.3, 0.4) is 0 Å². The first-order valence-electron chi connectivity index (χ1n) is 12.1. The molecule has 2 aromatic carbocycles. The van der Waals surface area contributed by atoms with Gasteiger partial charge < -0.3 is 14.2 Å². The summed E-state index contributed by atoms with van der Waals surface area (Å²) in [6.07, 6.45) is 6.29. The predicted molar refractivity (Wildman–Crippen MR) is 150 cm³/mol. The second-order valence-corrected chi connectivity index (χ2v) is 12.7. The molecular formula is C27H26N4O7S2. The molecular weight excluding hydrogens is 556 g/mol. The normalized spacial score (nSPS) is 14.9. The lowest BCUT2D eigenvalue weighted by Crippen LogP contribution is -2.15. The summed E-state index contributed by atoms with van der Waals surface area (Å²) in [5, 5.41) is 0. The summed E-state index contributed by atoms with van der Waals surface area (Å²) in [7, 11) is -6.89. The molecule has 0 bridgehead atoms. The van der Waals surface area contributed by atoms with E-state index in [9.17, 15) is 16.8 Å². The van der Waals surface area contributed by atoms with Crippen LogP contribution in [0.25, 0.3) is 0 Å². The molecule has 1 unspecified atom stereocenters. The van der Waals surface area contributed by atoms with Crippen molar-refractivity contribution < 1.29 is 31.0 Å². The van der Waals surface area contributed by atoms with Gasteiger partial charge in [0.1, 0.15) is 29.0 Å². The van der Waals surface area contributed by atoms with Gasteiger partial charge in [-0.25, -0.2) is 26.8 Å². The van der Waals surface area contributed by atoms with Crippen LogP contribution in [0.2, 0.25) is 0 Å². The number of sulfonamides is 2. The second kappa shape index (κ2) is 11.0. The molecule has 0 radical (unpaired) electrons. The Kier molecular flexibility index (Phi) is 7.50. The van der Waals surface area contributed by atoms with Crippen LogP contribution in [-0.2, 0) is 26.5 Å². The molecule has 0 spiro atoms. The van der Waals surface area contributed by atoms with Gasteiger partial charge in [-0.3, -0.25) is 9.44 Å². The van der Waals surface area contributed by atoms with Gasteiger partial charge >= 0.3 is 0 Å². The number of hydrogen-bond acceptors (Lipinski definition) is 9. The highest BCUT2D eigenvalue weighted by molar-refractivity contribution is 7.92. The topological polar surface area (TPSA) is 146 Å². The fraction of sp³-hybridized carbons (Fsp3) is 0.185. The molecule has 2 aromatic heterocycles. The highest BCUT2D eigenvalue weighted by atomic mass is 32.2. The second-order valence-electron chi connectivity index (χ2n) is 9.18. The Morgan fingerprint density at radius 3 is 2.40 bits per heavy atom. The first-order valence-corrected chi connectivity index (χ1v) is 15.9. The molecule has 11 nitrogen and oxygen atoms in total. The van der Waals surface area contributed by atoms with Crippen molar-refractivity contribution in [2.45, 2.75) is 18.9 Å². The van der Waals surface area contributed by atoms with Crippen molar-refractivity contribution in [2.75, 3.05) is 22.0 Å². The maximum atomic E-state index is 11.7. The van der Waals surface area contributed by atoms with Gasteiger partial charge in [0, 0.05) is 12.3 Å². The number of ether oxygens (including phenoxy) is 3. The fourth-order valence-electron chi connectivity index (χ4n) is 4.14. The Bertz CT molecular complexity index is 1750. The van der Waals surface area contributed by atoms with Crippen LogP contribution in [-0.4, -0.2) is 39.3 Å². The summed E-state index contributed by atoms with van der Waals surface area (Å²) in [6.45, 7) is 0. The predicted octanol–water partition coefficient (Wildman–Crippen LogP) is 4.87. The van der Waals surface area contributed by atoms with E-state index in [1.807, 2.05) is 30.3 Å². The number of nitrogens with zero attached hydrogens (tertiary/aromatic N) is 2. The van der Waals surface area contributed by atoms with Crippen molar-refractivity contribution in [3.05, 3.63) is 90.3 Å². The number of pyridine rings is 2. The van der Waals surface area contributed by atoms with Crippen molar-refractivity contribution in [3.8, 4) is 29.0 Å². The van der Waals surface area contributed by atoms with Gasteiger partial charge in [0.25, 0.3) is 0 Å². The molecule has 208 valence electrons. The third-order valence-electron chi connectivity index (χ3n) is 5.75. The summed E-state index contributed by atoms with van der Waals surface area (Å²) in [5.41, 5.74) is 2.48. The van der Waals surface area contributed by atoms with Crippen LogP contribution < -0.4 is 23.7 Å². The maximum absolute atomic E-state index is 11.7. The third-order valence-corrected chi connectivity index (χ3v) is 6.95. The van der Waals surface area contributed by atoms with E-state index in [0.29, 0.717) is 29.5 Å². The molecule has 1 atom stereocenters. The number of rotatable bonds is 9. The zero-order valence-electron chi connectivity index (χ0n) is 21.6. The van der Waals surface area contributed by atoms with Crippen LogP contribution in [0.1, 0.15) is 23.7 Å². The quantitative estimate of drug-likeness (QED) is 0.282. The molecule has 5 rings (SSSR count). The summed E-state index contributed by atoms with van der Waals surface area (Å²) < 4.78 is 68.9. The Morgan fingerprint density at radius 2 is 1.65 bits per heavy atom. The van der Waals surface area contributed by atoms with Gasteiger partial charge in [0.15, 0.2) is 0 Å². The van der Waals surface area contributed by atoms with Gasteiger partial charge in [-0.1, -0.05) is 12.1 Å². The van der Waals surface area contributed by atoms with Crippen LogP contribution in [0.5, 0.6) is 29.0 Å². The van der Waals surface area contributed by atoms with Gasteiger partial charge in [-0.05, 0) is 72.5 Å². The van der Waals surface area contributed by atoms with Crippen LogP contribution in [0.15, 0.2) is 79.1 Å². The van der Waals surface area contributed by atoms with E-state index in [2.05, 4.69) is 19.4 Å². The van der Waals surface area contributed by atoms with Crippen molar-refractivity contribution in [3.63, 3.8) is 0 Å². The van der Waals surface area contributed by atoms with Crippen molar-refractivity contribution in [2.24, 2.45) is 0 Å². The van der Waals surface area contributed by atoms with Crippen molar-refractivity contribution in [1.29, 1.82) is 0 Å².